The molecule has 1 aromatic carbocycles. The van der Waals surface area contributed by atoms with Crippen LogP contribution in [0.25, 0.3) is 0 Å². The van der Waals surface area contributed by atoms with Gasteiger partial charge in [0.1, 0.15) is 0 Å². The van der Waals surface area contributed by atoms with Crippen LogP contribution >= 0.6 is 12.2 Å². The minimum Gasteiger partial charge on any atom is -0.393 e. The largest absolute Gasteiger partial charge is 0.393 e. The molecule has 0 unspecified atom stereocenters. The van der Waals surface area contributed by atoms with Gasteiger partial charge in [-0.2, -0.15) is 12.7 Å². The van der Waals surface area contributed by atoms with Crippen LogP contribution in [0.15, 0.2) is 24.3 Å². The summed E-state index contributed by atoms with van der Waals surface area (Å²) in [4.78, 5) is 0.409. The summed E-state index contributed by atoms with van der Waals surface area (Å²) in [6.45, 7) is 0. The summed E-state index contributed by atoms with van der Waals surface area (Å²) in [6, 6.07) is 6.92. The van der Waals surface area contributed by atoms with Gasteiger partial charge in [0, 0.05) is 26.2 Å². The van der Waals surface area contributed by atoms with E-state index in [0.717, 1.165) is 9.87 Å². The number of benzene rings is 1. The Hall–Kier alpha value is -1.18. The van der Waals surface area contributed by atoms with Gasteiger partial charge in [0.25, 0.3) is 0 Å². The topological polar surface area (TPSA) is 75.4 Å². The summed E-state index contributed by atoms with van der Waals surface area (Å²) in [5, 5.41) is 0. The number of hydrogen-bond donors (Lipinski definition) is 2. The molecule has 17 heavy (non-hydrogen) atoms. The van der Waals surface area contributed by atoms with E-state index in [1.54, 1.807) is 24.3 Å². The highest BCUT2D eigenvalue weighted by atomic mass is 32.2. The van der Waals surface area contributed by atoms with Crippen molar-refractivity contribution in [2.75, 3.05) is 18.8 Å². The van der Waals surface area contributed by atoms with Crippen LogP contribution < -0.4 is 10.5 Å². The van der Waals surface area contributed by atoms with Crippen molar-refractivity contribution in [2.45, 2.75) is 6.42 Å². The van der Waals surface area contributed by atoms with E-state index < -0.39 is 10.2 Å². The molecule has 0 bridgehead atoms. The molecule has 0 saturated carbocycles. The molecule has 0 aliphatic rings. The van der Waals surface area contributed by atoms with Gasteiger partial charge in [-0.05, 0) is 17.7 Å². The molecular weight excluding hydrogens is 258 g/mol. The SMILES string of the molecule is CN(C)S(=O)(=O)Nc1ccc(CC(N)=S)cc1. The Labute approximate surface area is 107 Å². The highest BCUT2D eigenvalue weighted by Crippen LogP contribution is 2.12. The zero-order chi connectivity index (χ0) is 13.1. The summed E-state index contributed by atoms with van der Waals surface area (Å²) in [7, 11) is -0.531. The molecule has 0 fully saturated rings. The Balaban J connectivity index is 2.79. The molecule has 7 heteroatoms. The molecule has 94 valence electrons. The van der Waals surface area contributed by atoms with Gasteiger partial charge in [-0.1, -0.05) is 24.4 Å². The number of hydrogen-bond acceptors (Lipinski definition) is 3. The predicted octanol–water partition coefficient (Wildman–Crippen LogP) is 0.734. The molecule has 0 aliphatic heterocycles. The highest BCUT2D eigenvalue weighted by Gasteiger charge is 2.12. The van der Waals surface area contributed by atoms with E-state index in [1.807, 2.05) is 0 Å². The maximum atomic E-state index is 11.5. The fourth-order valence-electron chi connectivity index (χ4n) is 1.13. The molecular formula is C10H15N3O2S2. The zero-order valence-corrected chi connectivity index (χ0v) is 11.3. The van der Waals surface area contributed by atoms with Crippen LogP contribution in [0.5, 0.6) is 0 Å². The first kappa shape index (κ1) is 13.9. The third-order valence-electron chi connectivity index (χ3n) is 2.06. The van der Waals surface area contributed by atoms with Crippen LogP contribution in [-0.4, -0.2) is 31.8 Å². The lowest BCUT2D eigenvalue weighted by atomic mass is 10.1. The fraction of sp³-hybridized carbons (Fsp3) is 0.300. The van der Waals surface area contributed by atoms with E-state index in [1.165, 1.54) is 14.1 Å². The zero-order valence-electron chi connectivity index (χ0n) is 9.67. The second-order valence-corrected chi connectivity index (χ2v) is 6.14. The van der Waals surface area contributed by atoms with Crippen molar-refractivity contribution >= 4 is 33.1 Å². The van der Waals surface area contributed by atoms with Gasteiger partial charge in [-0.15, -0.1) is 0 Å². The van der Waals surface area contributed by atoms with Gasteiger partial charge in [0.15, 0.2) is 0 Å². The number of anilines is 1. The highest BCUT2D eigenvalue weighted by molar-refractivity contribution is 7.90. The monoisotopic (exact) mass is 273 g/mol. The average molecular weight is 273 g/mol. The molecule has 1 rings (SSSR count). The quantitative estimate of drug-likeness (QED) is 0.776. The van der Waals surface area contributed by atoms with E-state index >= 15 is 0 Å². The molecule has 0 radical (unpaired) electrons. The lowest BCUT2D eigenvalue weighted by Gasteiger charge is -2.13. The smallest absolute Gasteiger partial charge is 0.301 e. The molecule has 5 nitrogen and oxygen atoms in total. The summed E-state index contributed by atoms with van der Waals surface area (Å²) >= 11 is 4.79. The van der Waals surface area contributed by atoms with E-state index in [4.69, 9.17) is 18.0 Å². The van der Waals surface area contributed by atoms with Crippen molar-refractivity contribution < 1.29 is 8.42 Å². The third-order valence-corrected chi connectivity index (χ3v) is 3.66. The van der Waals surface area contributed by atoms with Gasteiger partial charge in [-0.25, -0.2) is 0 Å². The molecule has 3 N–H and O–H groups in total. The number of nitrogens with zero attached hydrogens (tertiary/aromatic N) is 1. The van der Waals surface area contributed by atoms with Crippen LogP contribution in [0.2, 0.25) is 0 Å². The van der Waals surface area contributed by atoms with Gasteiger partial charge >= 0.3 is 10.2 Å². The minimum absolute atomic E-state index is 0.409. The maximum Gasteiger partial charge on any atom is 0.301 e. The molecule has 0 amide bonds. The van der Waals surface area contributed by atoms with Crippen LogP contribution in [0, 0.1) is 0 Å². The van der Waals surface area contributed by atoms with E-state index in [-0.39, 0.29) is 0 Å². The Bertz CT molecular complexity index is 495. The molecule has 0 saturated heterocycles. The van der Waals surface area contributed by atoms with Gasteiger partial charge < -0.3 is 5.73 Å². The molecule has 0 aliphatic carbocycles. The summed E-state index contributed by atoms with van der Waals surface area (Å²) in [5.74, 6) is 0. The second kappa shape index (κ2) is 5.44. The number of rotatable bonds is 5. The Morgan fingerprint density at radius 2 is 1.88 bits per heavy atom. The Morgan fingerprint density at radius 1 is 1.35 bits per heavy atom. The summed E-state index contributed by atoms with van der Waals surface area (Å²) < 4.78 is 26.6. The molecule has 0 atom stereocenters. The Kier molecular flexibility index (Phi) is 4.44. The lowest BCUT2D eigenvalue weighted by Crippen LogP contribution is -2.28. The summed E-state index contributed by atoms with van der Waals surface area (Å²) in [6.07, 6.45) is 0.510. The number of nitrogens with one attached hydrogen (secondary N) is 1. The van der Waals surface area contributed by atoms with E-state index in [0.29, 0.717) is 17.1 Å². The minimum atomic E-state index is -3.45. The van der Waals surface area contributed by atoms with Gasteiger partial charge in [-0.3, -0.25) is 4.72 Å². The molecule has 0 aromatic heterocycles. The third kappa shape index (κ3) is 4.29. The predicted molar refractivity (Wildman–Crippen MR) is 73.2 cm³/mol. The van der Waals surface area contributed by atoms with Crippen molar-refractivity contribution in [3.8, 4) is 0 Å². The van der Waals surface area contributed by atoms with Crippen LogP contribution in [-0.2, 0) is 16.6 Å². The lowest BCUT2D eigenvalue weighted by molar-refractivity contribution is 0.527. The van der Waals surface area contributed by atoms with Crippen molar-refractivity contribution in [3.05, 3.63) is 29.8 Å². The van der Waals surface area contributed by atoms with Crippen LogP contribution in [0.1, 0.15) is 5.56 Å². The van der Waals surface area contributed by atoms with Crippen molar-refractivity contribution in [1.82, 2.24) is 4.31 Å². The molecule has 1 aromatic rings. The molecule has 0 heterocycles. The number of nitrogens with two attached hydrogens (primary N) is 1. The number of thiocarbonyl (C=S) groups is 1. The first-order valence-electron chi connectivity index (χ1n) is 4.89. The first-order chi connectivity index (χ1) is 7.81. The standard InChI is InChI=1S/C10H15N3O2S2/c1-13(2)17(14,15)12-9-5-3-8(4-6-9)7-10(11)16/h3-6,12H,7H2,1-2H3,(H2,11,16). The van der Waals surface area contributed by atoms with Crippen molar-refractivity contribution in [2.24, 2.45) is 5.73 Å². The van der Waals surface area contributed by atoms with E-state index in [9.17, 15) is 8.42 Å². The normalized spacial score (nSPS) is 11.5. The average Bonchev–Trinajstić information content (AvgIpc) is 2.19. The van der Waals surface area contributed by atoms with Gasteiger partial charge in [0.05, 0.1) is 4.99 Å². The maximum absolute atomic E-state index is 11.5. The molecule has 0 spiro atoms. The van der Waals surface area contributed by atoms with E-state index in [2.05, 4.69) is 4.72 Å². The van der Waals surface area contributed by atoms with Crippen molar-refractivity contribution in [1.29, 1.82) is 0 Å². The first-order valence-corrected chi connectivity index (χ1v) is 6.73. The van der Waals surface area contributed by atoms with Crippen LogP contribution in [0.4, 0.5) is 5.69 Å². The second-order valence-electron chi connectivity index (χ2n) is 3.73. The van der Waals surface area contributed by atoms with Crippen molar-refractivity contribution in [3.63, 3.8) is 0 Å². The Morgan fingerprint density at radius 3 is 2.29 bits per heavy atom. The van der Waals surface area contributed by atoms with Crippen LogP contribution in [0.3, 0.4) is 0 Å². The van der Waals surface area contributed by atoms with Gasteiger partial charge in [0.2, 0.25) is 0 Å². The summed E-state index contributed by atoms with van der Waals surface area (Å²) in [5.41, 5.74) is 6.87. The fourth-order valence-corrected chi connectivity index (χ4v) is 1.92.